The second-order valence-electron chi connectivity index (χ2n) is 3.95. The SMILES string of the molecule is C[C@H](NC(=O)CC(=O)O)C(=O)OCc1ccccc1. The van der Waals surface area contributed by atoms with Gasteiger partial charge in [-0.15, -0.1) is 0 Å². The van der Waals surface area contributed by atoms with Crippen LogP contribution in [0.25, 0.3) is 0 Å². The van der Waals surface area contributed by atoms with Gasteiger partial charge in [-0.25, -0.2) is 4.79 Å². The van der Waals surface area contributed by atoms with E-state index in [1.807, 2.05) is 18.2 Å². The lowest BCUT2D eigenvalue weighted by Gasteiger charge is -2.12. The zero-order valence-corrected chi connectivity index (χ0v) is 10.5. The smallest absolute Gasteiger partial charge is 0.328 e. The summed E-state index contributed by atoms with van der Waals surface area (Å²) in [6, 6.07) is 8.22. The van der Waals surface area contributed by atoms with E-state index >= 15 is 0 Å². The summed E-state index contributed by atoms with van der Waals surface area (Å²) in [6.45, 7) is 1.55. The van der Waals surface area contributed by atoms with Gasteiger partial charge in [0.2, 0.25) is 5.91 Å². The van der Waals surface area contributed by atoms with Gasteiger partial charge in [-0.05, 0) is 12.5 Å². The van der Waals surface area contributed by atoms with E-state index in [0.717, 1.165) is 5.56 Å². The molecule has 1 amide bonds. The van der Waals surface area contributed by atoms with E-state index in [1.165, 1.54) is 6.92 Å². The fourth-order valence-electron chi connectivity index (χ4n) is 1.34. The Morgan fingerprint density at radius 2 is 1.89 bits per heavy atom. The summed E-state index contributed by atoms with van der Waals surface area (Å²) in [5.41, 5.74) is 0.833. The first-order valence-electron chi connectivity index (χ1n) is 5.70. The number of amides is 1. The van der Waals surface area contributed by atoms with Gasteiger partial charge in [0.15, 0.2) is 0 Å². The molecule has 0 aromatic heterocycles. The Kier molecular flexibility index (Phi) is 5.53. The fraction of sp³-hybridized carbons (Fsp3) is 0.308. The minimum atomic E-state index is -1.25. The Labute approximate surface area is 110 Å². The van der Waals surface area contributed by atoms with Gasteiger partial charge >= 0.3 is 11.9 Å². The summed E-state index contributed by atoms with van der Waals surface area (Å²) in [5.74, 6) is -2.58. The highest BCUT2D eigenvalue weighted by atomic mass is 16.5. The molecular weight excluding hydrogens is 250 g/mol. The van der Waals surface area contributed by atoms with Crippen molar-refractivity contribution in [2.24, 2.45) is 0 Å². The molecule has 0 aliphatic carbocycles. The molecule has 6 nitrogen and oxygen atoms in total. The second-order valence-corrected chi connectivity index (χ2v) is 3.95. The topological polar surface area (TPSA) is 92.7 Å². The zero-order valence-electron chi connectivity index (χ0n) is 10.5. The van der Waals surface area contributed by atoms with Gasteiger partial charge in [0, 0.05) is 0 Å². The molecule has 0 aliphatic heterocycles. The molecular formula is C13H15NO5. The highest BCUT2D eigenvalue weighted by Gasteiger charge is 2.18. The average Bonchev–Trinajstić information content (AvgIpc) is 2.36. The third kappa shape index (κ3) is 5.67. The number of hydrogen-bond donors (Lipinski definition) is 2. The van der Waals surface area contributed by atoms with Gasteiger partial charge in [0.05, 0.1) is 0 Å². The highest BCUT2D eigenvalue weighted by molar-refractivity contribution is 5.95. The van der Waals surface area contributed by atoms with E-state index in [2.05, 4.69) is 5.32 Å². The van der Waals surface area contributed by atoms with Crippen LogP contribution in [0, 0.1) is 0 Å². The number of aliphatic carboxylic acids is 1. The lowest BCUT2D eigenvalue weighted by atomic mass is 10.2. The average molecular weight is 265 g/mol. The molecule has 0 aliphatic rings. The van der Waals surface area contributed by atoms with Crippen LogP contribution in [0.4, 0.5) is 0 Å². The number of carbonyl (C=O) groups is 3. The van der Waals surface area contributed by atoms with Crippen molar-refractivity contribution in [1.82, 2.24) is 5.32 Å². The lowest BCUT2D eigenvalue weighted by Crippen LogP contribution is -2.40. The fourth-order valence-corrected chi connectivity index (χ4v) is 1.34. The quantitative estimate of drug-likeness (QED) is 0.583. The Hall–Kier alpha value is -2.37. The number of carbonyl (C=O) groups excluding carboxylic acids is 2. The minimum absolute atomic E-state index is 0.110. The molecule has 0 spiro atoms. The standard InChI is InChI=1S/C13H15NO5/c1-9(14-11(15)7-12(16)17)13(18)19-8-10-5-3-2-4-6-10/h2-6,9H,7-8H2,1H3,(H,14,15)(H,16,17)/t9-/m0/s1. The molecule has 0 saturated heterocycles. The first-order chi connectivity index (χ1) is 8.99. The Morgan fingerprint density at radius 1 is 1.26 bits per heavy atom. The molecule has 1 aromatic carbocycles. The van der Waals surface area contributed by atoms with Crippen molar-refractivity contribution < 1.29 is 24.2 Å². The van der Waals surface area contributed by atoms with Crippen molar-refractivity contribution in [1.29, 1.82) is 0 Å². The van der Waals surface area contributed by atoms with Crippen LogP contribution in [0.5, 0.6) is 0 Å². The number of nitrogens with one attached hydrogen (secondary N) is 1. The monoisotopic (exact) mass is 265 g/mol. The van der Waals surface area contributed by atoms with E-state index in [-0.39, 0.29) is 6.61 Å². The molecule has 19 heavy (non-hydrogen) atoms. The van der Waals surface area contributed by atoms with Crippen LogP contribution < -0.4 is 5.32 Å². The van der Waals surface area contributed by atoms with Crippen LogP contribution >= 0.6 is 0 Å². The maximum absolute atomic E-state index is 11.6. The number of carboxylic acids is 1. The maximum Gasteiger partial charge on any atom is 0.328 e. The first-order valence-corrected chi connectivity index (χ1v) is 5.70. The van der Waals surface area contributed by atoms with Crippen LogP contribution in [0.3, 0.4) is 0 Å². The molecule has 0 radical (unpaired) electrons. The number of esters is 1. The van der Waals surface area contributed by atoms with Crippen LogP contribution in [0.15, 0.2) is 30.3 Å². The first kappa shape index (κ1) is 14.7. The predicted octanol–water partition coefficient (Wildman–Crippen LogP) is 0.709. The molecule has 0 saturated carbocycles. The van der Waals surface area contributed by atoms with Crippen LogP contribution in [0.1, 0.15) is 18.9 Å². The maximum atomic E-state index is 11.6. The van der Waals surface area contributed by atoms with Crippen LogP contribution in [-0.4, -0.2) is 29.0 Å². The van der Waals surface area contributed by atoms with Crippen molar-refractivity contribution >= 4 is 17.8 Å². The van der Waals surface area contributed by atoms with Gasteiger partial charge in [-0.2, -0.15) is 0 Å². The molecule has 0 unspecified atom stereocenters. The van der Waals surface area contributed by atoms with Gasteiger partial charge in [0.1, 0.15) is 19.1 Å². The highest BCUT2D eigenvalue weighted by Crippen LogP contribution is 2.01. The summed E-state index contributed by atoms with van der Waals surface area (Å²) < 4.78 is 4.99. The number of benzene rings is 1. The van der Waals surface area contributed by atoms with E-state index in [1.54, 1.807) is 12.1 Å². The van der Waals surface area contributed by atoms with Crippen molar-refractivity contribution in [2.45, 2.75) is 26.0 Å². The molecule has 6 heteroatoms. The predicted molar refractivity (Wildman–Crippen MR) is 66.1 cm³/mol. The summed E-state index contributed by atoms with van der Waals surface area (Å²) >= 11 is 0. The third-order valence-corrected chi connectivity index (χ3v) is 2.27. The summed E-state index contributed by atoms with van der Waals surface area (Å²) in [4.78, 5) is 33.0. The molecule has 1 atom stereocenters. The summed E-state index contributed by atoms with van der Waals surface area (Å²) in [6.07, 6.45) is -0.670. The zero-order chi connectivity index (χ0) is 14.3. The van der Waals surface area contributed by atoms with Crippen LogP contribution in [0.2, 0.25) is 0 Å². The number of carboxylic acid groups (broad SMARTS) is 1. The molecule has 0 fully saturated rings. The largest absolute Gasteiger partial charge is 0.481 e. The van der Waals surface area contributed by atoms with Crippen LogP contribution in [-0.2, 0) is 25.7 Å². The van der Waals surface area contributed by atoms with Crippen molar-refractivity contribution in [3.63, 3.8) is 0 Å². The second kappa shape index (κ2) is 7.15. The molecule has 1 rings (SSSR count). The molecule has 0 heterocycles. The molecule has 1 aromatic rings. The van der Waals surface area contributed by atoms with E-state index in [0.29, 0.717) is 0 Å². The summed E-state index contributed by atoms with van der Waals surface area (Å²) in [5, 5.41) is 10.7. The molecule has 102 valence electrons. The van der Waals surface area contributed by atoms with Crippen molar-refractivity contribution in [3.05, 3.63) is 35.9 Å². The normalized spacial score (nSPS) is 11.4. The van der Waals surface area contributed by atoms with E-state index in [9.17, 15) is 14.4 Å². The summed E-state index contributed by atoms with van der Waals surface area (Å²) in [7, 11) is 0. The minimum Gasteiger partial charge on any atom is -0.481 e. The lowest BCUT2D eigenvalue weighted by molar-refractivity contribution is -0.150. The number of hydrogen-bond acceptors (Lipinski definition) is 4. The number of ether oxygens (including phenoxy) is 1. The Bertz CT molecular complexity index is 457. The van der Waals surface area contributed by atoms with Gasteiger partial charge in [0.25, 0.3) is 0 Å². The third-order valence-electron chi connectivity index (χ3n) is 2.27. The van der Waals surface area contributed by atoms with Gasteiger partial charge < -0.3 is 15.2 Å². The Balaban J connectivity index is 2.36. The van der Waals surface area contributed by atoms with E-state index in [4.69, 9.17) is 9.84 Å². The Morgan fingerprint density at radius 3 is 2.47 bits per heavy atom. The number of rotatable bonds is 6. The van der Waals surface area contributed by atoms with Gasteiger partial charge in [-0.1, -0.05) is 30.3 Å². The van der Waals surface area contributed by atoms with Crippen molar-refractivity contribution in [3.8, 4) is 0 Å². The van der Waals surface area contributed by atoms with E-state index < -0.39 is 30.3 Å². The van der Waals surface area contributed by atoms with Gasteiger partial charge in [-0.3, -0.25) is 9.59 Å². The molecule has 2 N–H and O–H groups in total. The molecule has 0 bridgehead atoms. The van der Waals surface area contributed by atoms with Crippen molar-refractivity contribution in [2.75, 3.05) is 0 Å².